The molecule has 0 bridgehead atoms. The van der Waals surface area contributed by atoms with Gasteiger partial charge in [-0.2, -0.15) is 0 Å². The Morgan fingerprint density at radius 2 is 2.22 bits per heavy atom. The van der Waals surface area contributed by atoms with Gasteiger partial charge >= 0.3 is 0 Å². The Bertz CT molecular complexity index is 1110. The summed E-state index contributed by atoms with van der Waals surface area (Å²) in [6.07, 6.45) is 6.29. The third-order valence-electron chi connectivity index (χ3n) is 5.17. The van der Waals surface area contributed by atoms with Gasteiger partial charge in [-0.15, -0.1) is 11.3 Å². The molecule has 7 heteroatoms. The highest BCUT2D eigenvalue weighted by Gasteiger charge is 2.26. The largest absolute Gasteiger partial charge is 0.378 e. The summed E-state index contributed by atoms with van der Waals surface area (Å²) in [7, 11) is 0. The van der Waals surface area contributed by atoms with Gasteiger partial charge in [0.15, 0.2) is 0 Å². The lowest BCUT2D eigenvalue weighted by Gasteiger charge is -2.30. The standard InChI is InChI=1S/C20H19FN4OS/c1-12-8-14(4-6-26-12)25-18(10-19-22-5-7-27-19)24-17-11-23-16-3-2-13(21)9-15(16)20(17)25/h2-3,5,7,9,11-12,14H,4,6,8,10H2,1H3/t12-,14-/m1/s1. The smallest absolute Gasteiger partial charge is 0.124 e. The highest BCUT2D eigenvalue weighted by Crippen LogP contribution is 2.34. The van der Waals surface area contributed by atoms with Crippen molar-refractivity contribution < 1.29 is 9.13 Å². The molecule has 5 rings (SSSR count). The topological polar surface area (TPSA) is 52.8 Å². The molecule has 0 amide bonds. The molecule has 2 atom stereocenters. The molecule has 0 spiro atoms. The lowest BCUT2D eigenvalue weighted by Crippen LogP contribution is -2.26. The number of hydrogen-bond donors (Lipinski definition) is 0. The summed E-state index contributed by atoms with van der Waals surface area (Å²) < 4.78 is 22.1. The van der Waals surface area contributed by atoms with E-state index in [-0.39, 0.29) is 18.0 Å². The molecule has 0 saturated carbocycles. The van der Waals surface area contributed by atoms with Crippen molar-refractivity contribution in [3.05, 3.63) is 52.6 Å². The number of hydrogen-bond acceptors (Lipinski definition) is 5. The molecule has 1 fully saturated rings. The van der Waals surface area contributed by atoms with Crippen molar-refractivity contribution in [2.75, 3.05) is 6.61 Å². The fourth-order valence-corrected chi connectivity index (χ4v) is 4.61. The molecule has 138 valence electrons. The number of rotatable bonds is 3. The minimum atomic E-state index is -0.258. The SMILES string of the molecule is C[C@@H]1C[C@H](n2c(Cc3nccs3)nc3cnc4ccc(F)cc4c32)CCO1. The van der Waals surface area contributed by atoms with E-state index in [1.165, 1.54) is 6.07 Å². The number of ether oxygens (including phenoxy) is 1. The Balaban J connectivity index is 1.76. The zero-order chi connectivity index (χ0) is 18.4. The van der Waals surface area contributed by atoms with Crippen LogP contribution in [0.4, 0.5) is 4.39 Å². The predicted molar refractivity (Wildman–Crippen MR) is 104 cm³/mol. The molecular formula is C20H19FN4OS. The second-order valence-electron chi connectivity index (χ2n) is 7.01. The first-order chi connectivity index (χ1) is 13.2. The van der Waals surface area contributed by atoms with E-state index in [2.05, 4.69) is 21.5 Å². The van der Waals surface area contributed by atoms with Crippen molar-refractivity contribution in [3.63, 3.8) is 0 Å². The fraction of sp³-hybridized carbons (Fsp3) is 0.350. The Labute approximate surface area is 159 Å². The number of fused-ring (bicyclic) bond motifs is 3. The highest BCUT2D eigenvalue weighted by molar-refractivity contribution is 7.09. The maximum absolute atomic E-state index is 14.0. The van der Waals surface area contributed by atoms with Crippen LogP contribution in [0.15, 0.2) is 36.0 Å². The first-order valence-corrected chi connectivity index (χ1v) is 10.0. The third kappa shape index (κ3) is 3.00. The van der Waals surface area contributed by atoms with Gasteiger partial charge in [0.2, 0.25) is 0 Å². The highest BCUT2D eigenvalue weighted by atomic mass is 32.1. The van der Waals surface area contributed by atoms with Crippen LogP contribution in [0, 0.1) is 5.82 Å². The van der Waals surface area contributed by atoms with Crippen LogP contribution in [0.5, 0.6) is 0 Å². The van der Waals surface area contributed by atoms with Crippen molar-refractivity contribution >= 4 is 33.3 Å². The Hall–Kier alpha value is -2.38. The van der Waals surface area contributed by atoms with Gasteiger partial charge in [-0.3, -0.25) is 4.98 Å². The summed E-state index contributed by atoms with van der Waals surface area (Å²) in [4.78, 5) is 13.8. The number of benzene rings is 1. The molecule has 1 aliphatic heterocycles. The molecule has 5 nitrogen and oxygen atoms in total. The van der Waals surface area contributed by atoms with E-state index in [0.717, 1.165) is 52.2 Å². The Morgan fingerprint density at radius 3 is 3.04 bits per heavy atom. The summed E-state index contributed by atoms with van der Waals surface area (Å²) in [5, 5.41) is 3.81. The number of thiazole rings is 1. The Kier molecular flexibility index (Phi) is 4.13. The van der Waals surface area contributed by atoms with E-state index in [9.17, 15) is 4.39 Å². The first kappa shape index (κ1) is 16.8. The van der Waals surface area contributed by atoms with Gasteiger partial charge in [-0.05, 0) is 38.0 Å². The number of halogens is 1. The molecule has 4 aromatic rings. The molecule has 27 heavy (non-hydrogen) atoms. The van der Waals surface area contributed by atoms with Crippen molar-refractivity contribution in [1.82, 2.24) is 19.5 Å². The Morgan fingerprint density at radius 1 is 1.30 bits per heavy atom. The average Bonchev–Trinajstić information content (AvgIpc) is 3.29. The molecule has 1 aromatic carbocycles. The molecular weight excluding hydrogens is 363 g/mol. The minimum absolute atomic E-state index is 0.193. The maximum atomic E-state index is 14.0. The van der Waals surface area contributed by atoms with Gasteiger partial charge in [0.05, 0.1) is 34.8 Å². The zero-order valence-electron chi connectivity index (χ0n) is 14.9. The molecule has 0 radical (unpaired) electrons. The summed E-state index contributed by atoms with van der Waals surface area (Å²) in [6, 6.07) is 5.02. The van der Waals surface area contributed by atoms with Gasteiger partial charge in [0, 0.05) is 29.6 Å². The van der Waals surface area contributed by atoms with Crippen LogP contribution in [0.2, 0.25) is 0 Å². The van der Waals surface area contributed by atoms with E-state index in [1.807, 2.05) is 11.6 Å². The molecule has 0 aliphatic carbocycles. The molecule has 0 N–H and O–H groups in total. The average molecular weight is 382 g/mol. The number of aromatic nitrogens is 4. The molecule has 4 heterocycles. The number of pyridine rings is 1. The lowest BCUT2D eigenvalue weighted by molar-refractivity contribution is 0.00631. The maximum Gasteiger partial charge on any atom is 0.124 e. The van der Waals surface area contributed by atoms with Crippen LogP contribution >= 0.6 is 11.3 Å². The van der Waals surface area contributed by atoms with Crippen LogP contribution in [-0.4, -0.2) is 32.2 Å². The van der Waals surface area contributed by atoms with Crippen LogP contribution in [0.3, 0.4) is 0 Å². The predicted octanol–water partition coefficient (Wildman–Crippen LogP) is 4.51. The van der Waals surface area contributed by atoms with Crippen molar-refractivity contribution in [1.29, 1.82) is 0 Å². The zero-order valence-corrected chi connectivity index (χ0v) is 15.7. The van der Waals surface area contributed by atoms with Crippen LogP contribution in [0.1, 0.15) is 36.6 Å². The second kappa shape index (κ2) is 6.65. The van der Waals surface area contributed by atoms with Gasteiger partial charge in [0.25, 0.3) is 0 Å². The fourth-order valence-electron chi connectivity index (χ4n) is 4.00. The first-order valence-electron chi connectivity index (χ1n) is 9.14. The van der Waals surface area contributed by atoms with Crippen LogP contribution in [-0.2, 0) is 11.2 Å². The molecule has 0 unspecified atom stereocenters. The molecule has 1 saturated heterocycles. The van der Waals surface area contributed by atoms with E-state index in [4.69, 9.17) is 9.72 Å². The van der Waals surface area contributed by atoms with Gasteiger partial charge in [-0.1, -0.05) is 0 Å². The minimum Gasteiger partial charge on any atom is -0.378 e. The molecule has 3 aromatic heterocycles. The van der Waals surface area contributed by atoms with Crippen molar-refractivity contribution in [2.45, 2.75) is 38.3 Å². The summed E-state index contributed by atoms with van der Waals surface area (Å²) in [5.41, 5.74) is 2.55. The van der Waals surface area contributed by atoms with Crippen LogP contribution < -0.4 is 0 Å². The monoisotopic (exact) mass is 382 g/mol. The van der Waals surface area contributed by atoms with E-state index in [1.54, 1.807) is 29.7 Å². The van der Waals surface area contributed by atoms with E-state index in [0.29, 0.717) is 6.42 Å². The quantitative estimate of drug-likeness (QED) is 0.523. The second-order valence-corrected chi connectivity index (χ2v) is 7.99. The summed E-state index contributed by atoms with van der Waals surface area (Å²) in [5.74, 6) is 0.698. The van der Waals surface area contributed by atoms with E-state index < -0.39 is 0 Å². The lowest BCUT2D eigenvalue weighted by atomic mass is 10.0. The third-order valence-corrected chi connectivity index (χ3v) is 5.95. The van der Waals surface area contributed by atoms with Crippen molar-refractivity contribution in [2.24, 2.45) is 0 Å². The van der Waals surface area contributed by atoms with Gasteiger partial charge < -0.3 is 9.30 Å². The normalized spacial score (nSPS) is 20.5. The van der Waals surface area contributed by atoms with Gasteiger partial charge in [-0.25, -0.2) is 14.4 Å². The van der Waals surface area contributed by atoms with Gasteiger partial charge in [0.1, 0.15) is 17.2 Å². The molecule has 1 aliphatic rings. The number of nitrogens with zero attached hydrogens (tertiary/aromatic N) is 4. The van der Waals surface area contributed by atoms with E-state index >= 15 is 0 Å². The summed E-state index contributed by atoms with van der Waals surface area (Å²) in [6.45, 7) is 2.82. The van der Waals surface area contributed by atoms with Crippen LogP contribution in [0.25, 0.3) is 21.9 Å². The number of imidazole rings is 1. The summed E-state index contributed by atoms with van der Waals surface area (Å²) >= 11 is 1.62. The van der Waals surface area contributed by atoms with Crippen molar-refractivity contribution in [3.8, 4) is 0 Å².